The number of thiophene rings is 1. The van der Waals surface area contributed by atoms with Crippen molar-refractivity contribution >= 4 is 50.8 Å². The van der Waals surface area contributed by atoms with E-state index in [1.165, 1.54) is 11.1 Å². The molecule has 162 valence electrons. The molecule has 5 rings (SSSR count). The van der Waals surface area contributed by atoms with Gasteiger partial charge in [-0.25, -0.2) is 9.98 Å². The molecule has 3 heterocycles. The molecule has 3 N–H and O–H groups in total. The summed E-state index contributed by atoms with van der Waals surface area (Å²) in [5, 5.41) is 7.82. The van der Waals surface area contributed by atoms with Gasteiger partial charge in [-0.3, -0.25) is 0 Å². The van der Waals surface area contributed by atoms with E-state index in [9.17, 15) is 0 Å². The van der Waals surface area contributed by atoms with Crippen molar-refractivity contribution in [2.24, 2.45) is 10.7 Å². The Morgan fingerprint density at radius 3 is 2.84 bits per heavy atom. The Bertz CT molecular complexity index is 1320. The van der Waals surface area contributed by atoms with E-state index in [0.29, 0.717) is 12.5 Å². The summed E-state index contributed by atoms with van der Waals surface area (Å²) in [6.07, 6.45) is 1.87. The van der Waals surface area contributed by atoms with Crippen molar-refractivity contribution in [3.05, 3.63) is 76.1 Å². The lowest BCUT2D eigenvalue weighted by Gasteiger charge is -2.29. The summed E-state index contributed by atoms with van der Waals surface area (Å²) in [5.41, 5.74) is 11.9. The lowest BCUT2D eigenvalue weighted by atomic mass is 10.0. The molecule has 32 heavy (non-hydrogen) atoms. The fraction of sp³-hybridized carbons (Fsp3) is 0.200. The molecule has 0 atom stereocenters. The second-order valence-electron chi connectivity index (χ2n) is 8.30. The van der Waals surface area contributed by atoms with Crippen LogP contribution < -0.4 is 16.0 Å². The van der Waals surface area contributed by atoms with Gasteiger partial charge in [-0.1, -0.05) is 24.3 Å². The largest absolute Gasteiger partial charge is 0.383 e. The zero-order valence-corrected chi connectivity index (χ0v) is 19.3. The number of aliphatic imine (C=N–C) groups is 1. The van der Waals surface area contributed by atoms with Crippen molar-refractivity contribution in [2.75, 3.05) is 31.0 Å². The summed E-state index contributed by atoms with van der Waals surface area (Å²) < 4.78 is 0. The van der Waals surface area contributed by atoms with Crippen LogP contribution in [0.25, 0.3) is 10.8 Å². The van der Waals surface area contributed by atoms with E-state index in [1.54, 1.807) is 11.3 Å². The third kappa shape index (κ3) is 3.70. The third-order valence-electron chi connectivity index (χ3n) is 5.63. The van der Waals surface area contributed by atoms with Crippen LogP contribution in [0.5, 0.6) is 0 Å². The van der Waals surface area contributed by atoms with E-state index in [0.717, 1.165) is 45.1 Å². The normalized spacial score (nSPS) is 13.4. The Hall–Kier alpha value is -3.42. The second kappa shape index (κ2) is 8.26. The molecule has 1 aliphatic heterocycles. The topological polar surface area (TPSA) is 69.8 Å². The number of aryl methyl sites for hydroxylation is 1. The number of nitrogens with zero attached hydrogens (tertiary/aromatic N) is 4. The van der Waals surface area contributed by atoms with Gasteiger partial charge in [0.15, 0.2) is 0 Å². The number of aromatic nitrogens is 1. The molecule has 2 aromatic heterocycles. The number of fused-ring (bicyclic) bond motifs is 2. The van der Waals surface area contributed by atoms with Gasteiger partial charge in [-0.2, -0.15) is 0 Å². The van der Waals surface area contributed by atoms with E-state index in [4.69, 9.17) is 5.73 Å². The number of benzene rings is 2. The van der Waals surface area contributed by atoms with Crippen LogP contribution in [-0.4, -0.2) is 36.5 Å². The predicted octanol–water partition coefficient (Wildman–Crippen LogP) is 5.22. The SMILES string of the molecule is Cc1ccc2c(Nc3cccc(CN(C)C)c3)nccc2c1N1CN=C(N)c2sccc21. The molecular weight excluding hydrogens is 416 g/mol. The molecule has 1 aliphatic rings. The Morgan fingerprint density at radius 1 is 1.12 bits per heavy atom. The zero-order chi connectivity index (χ0) is 22.2. The van der Waals surface area contributed by atoms with Gasteiger partial charge >= 0.3 is 0 Å². The summed E-state index contributed by atoms with van der Waals surface area (Å²) in [7, 11) is 4.15. The summed E-state index contributed by atoms with van der Waals surface area (Å²) in [6, 6.07) is 17.0. The molecular formula is C25H26N6S. The Morgan fingerprint density at radius 2 is 2.00 bits per heavy atom. The van der Waals surface area contributed by atoms with Crippen molar-refractivity contribution in [3.8, 4) is 0 Å². The zero-order valence-electron chi connectivity index (χ0n) is 18.5. The highest BCUT2D eigenvalue weighted by molar-refractivity contribution is 7.12. The fourth-order valence-corrected chi connectivity index (χ4v) is 5.07. The van der Waals surface area contributed by atoms with Crippen LogP contribution in [-0.2, 0) is 6.54 Å². The lowest BCUT2D eigenvalue weighted by molar-refractivity contribution is 0.402. The molecule has 6 nitrogen and oxygen atoms in total. The highest BCUT2D eigenvalue weighted by Crippen LogP contribution is 2.41. The maximum absolute atomic E-state index is 6.14. The first-order chi connectivity index (χ1) is 15.5. The van der Waals surface area contributed by atoms with Gasteiger partial charge in [0.2, 0.25) is 0 Å². The summed E-state index contributed by atoms with van der Waals surface area (Å²) in [4.78, 5) is 14.7. The minimum atomic E-state index is 0.507. The predicted molar refractivity (Wildman–Crippen MR) is 136 cm³/mol. The Kier molecular flexibility index (Phi) is 5.28. The molecule has 0 radical (unpaired) electrons. The minimum absolute atomic E-state index is 0.507. The van der Waals surface area contributed by atoms with Crippen molar-refractivity contribution in [2.45, 2.75) is 13.5 Å². The number of rotatable bonds is 5. The van der Waals surface area contributed by atoms with Crippen molar-refractivity contribution in [3.63, 3.8) is 0 Å². The number of anilines is 4. The second-order valence-corrected chi connectivity index (χ2v) is 9.21. The van der Waals surface area contributed by atoms with Crippen molar-refractivity contribution in [1.82, 2.24) is 9.88 Å². The highest BCUT2D eigenvalue weighted by atomic mass is 32.1. The van der Waals surface area contributed by atoms with E-state index in [-0.39, 0.29) is 0 Å². The molecule has 2 aromatic carbocycles. The first-order valence-electron chi connectivity index (χ1n) is 10.6. The number of hydrogen-bond donors (Lipinski definition) is 2. The molecule has 0 spiro atoms. The summed E-state index contributed by atoms with van der Waals surface area (Å²) in [6.45, 7) is 3.54. The van der Waals surface area contributed by atoms with Crippen LogP contribution in [0.4, 0.5) is 22.9 Å². The first-order valence-corrected chi connectivity index (χ1v) is 11.4. The maximum atomic E-state index is 6.14. The highest BCUT2D eigenvalue weighted by Gasteiger charge is 2.24. The Balaban J connectivity index is 1.57. The minimum Gasteiger partial charge on any atom is -0.383 e. The quantitative estimate of drug-likeness (QED) is 0.443. The average molecular weight is 443 g/mol. The van der Waals surface area contributed by atoms with E-state index in [1.807, 2.05) is 6.20 Å². The molecule has 0 amide bonds. The van der Waals surface area contributed by atoms with E-state index in [2.05, 4.69) is 100 Å². The summed E-state index contributed by atoms with van der Waals surface area (Å²) >= 11 is 1.63. The van der Waals surface area contributed by atoms with Gasteiger partial charge in [0.25, 0.3) is 0 Å². The van der Waals surface area contributed by atoms with Gasteiger partial charge in [0.05, 0.1) is 16.3 Å². The standard InChI is InChI=1S/C25H26N6S/c1-16-7-8-20-19(22(16)31-15-28-24(26)23-21(31)10-12-32-23)9-11-27-25(20)29-18-6-4-5-17(13-18)14-30(2)3/h4-13H,14-15H2,1-3H3,(H2,26,28)(H,27,29). The monoisotopic (exact) mass is 442 g/mol. The van der Waals surface area contributed by atoms with Gasteiger partial charge in [0.1, 0.15) is 18.3 Å². The molecule has 0 saturated heterocycles. The molecule has 0 aliphatic carbocycles. The molecule has 4 aromatic rings. The van der Waals surface area contributed by atoms with Crippen LogP contribution in [0.15, 0.2) is 65.1 Å². The molecule has 0 fully saturated rings. The fourth-order valence-electron chi connectivity index (χ4n) is 4.25. The van der Waals surface area contributed by atoms with Crippen LogP contribution in [0.1, 0.15) is 16.0 Å². The van der Waals surface area contributed by atoms with Crippen molar-refractivity contribution in [1.29, 1.82) is 0 Å². The lowest BCUT2D eigenvalue weighted by Crippen LogP contribution is -2.28. The van der Waals surface area contributed by atoms with E-state index >= 15 is 0 Å². The van der Waals surface area contributed by atoms with E-state index < -0.39 is 0 Å². The van der Waals surface area contributed by atoms with Crippen LogP contribution >= 0.6 is 11.3 Å². The van der Waals surface area contributed by atoms with Gasteiger partial charge in [-0.15, -0.1) is 11.3 Å². The van der Waals surface area contributed by atoms with Crippen LogP contribution in [0.3, 0.4) is 0 Å². The van der Waals surface area contributed by atoms with Crippen LogP contribution in [0, 0.1) is 6.92 Å². The molecule has 0 unspecified atom stereocenters. The maximum Gasteiger partial charge on any atom is 0.139 e. The Labute approximate surface area is 192 Å². The molecule has 7 heteroatoms. The van der Waals surface area contributed by atoms with Crippen molar-refractivity contribution < 1.29 is 0 Å². The number of nitrogens with one attached hydrogen (secondary N) is 1. The molecule has 0 saturated carbocycles. The van der Waals surface area contributed by atoms with Gasteiger partial charge in [-0.05, 0) is 61.8 Å². The number of amidine groups is 1. The molecule has 0 bridgehead atoms. The first kappa shape index (κ1) is 20.5. The number of hydrogen-bond acceptors (Lipinski definition) is 7. The number of pyridine rings is 1. The van der Waals surface area contributed by atoms with Gasteiger partial charge in [0, 0.05) is 29.2 Å². The average Bonchev–Trinajstić information content (AvgIpc) is 3.26. The van der Waals surface area contributed by atoms with Gasteiger partial charge < -0.3 is 20.9 Å². The smallest absolute Gasteiger partial charge is 0.139 e. The third-order valence-corrected chi connectivity index (χ3v) is 6.55. The summed E-state index contributed by atoms with van der Waals surface area (Å²) in [5.74, 6) is 1.46. The number of nitrogens with two attached hydrogens (primary N) is 1. The van der Waals surface area contributed by atoms with Crippen LogP contribution in [0.2, 0.25) is 0 Å².